The van der Waals surface area contributed by atoms with Gasteiger partial charge in [0.15, 0.2) is 0 Å². The van der Waals surface area contributed by atoms with Gasteiger partial charge in [0.1, 0.15) is 17.9 Å². The first kappa shape index (κ1) is 22.5. The molecule has 1 aliphatic carbocycles. The van der Waals surface area contributed by atoms with Crippen molar-refractivity contribution in [2.75, 3.05) is 0 Å². The molecule has 0 radical (unpaired) electrons. The highest BCUT2D eigenvalue weighted by Crippen LogP contribution is 2.34. The van der Waals surface area contributed by atoms with Crippen LogP contribution in [0.4, 0.5) is 4.79 Å². The van der Waals surface area contributed by atoms with Gasteiger partial charge in [-0.15, -0.1) is 0 Å². The Labute approximate surface area is 200 Å². The van der Waals surface area contributed by atoms with Crippen molar-refractivity contribution >= 4 is 33.6 Å². The van der Waals surface area contributed by atoms with Crippen molar-refractivity contribution in [3.05, 3.63) is 65.9 Å². The maximum atomic E-state index is 13.4. The number of para-hydroxylation sites is 1. The van der Waals surface area contributed by atoms with E-state index in [1.54, 1.807) is 0 Å². The lowest BCUT2D eigenvalue weighted by Gasteiger charge is -2.27. The highest BCUT2D eigenvalue weighted by Gasteiger charge is 2.48. The first-order chi connectivity index (χ1) is 16.4. The van der Waals surface area contributed by atoms with Crippen molar-refractivity contribution in [2.45, 2.75) is 61.3 Å². The molecular formula is C26H27N3O4S. The summed E-state index contributed by atoms with van der Waals surface area (Å²) in [6, 6.07) is 16.9. The van der Waals surface area contributed by atoms with E-state index in [1.807, 2.05) is 61.5 Å². The summed E-state index contributed by atoms with van der Waals surface area (Å²) in [4.78, 5) is 29.5. The Morgan fingerprint density at radius 3 is 2.68 bits per heavy atom. The minimum atomic E-state index is -1.29. The van der Waals surface area contributed by atoms with Crippen LogP contribution in [0.5, 0.6) is 5.75 Å². The molecule has 2 N–H and O–H groups in total. The van der Waals surface area contributed by atoms with Crippen LogP contribution < -0.4 is 15.4 Å². The van der Waals surface area contributed by atoms with Crippen molar-refractivity contribution < 1.29 is 18.5 Å². The summed E-state index contributed by atoms with van der Waals surface area (Å²) >= 11 is 0. The van der Waals surface area contributed by atoms with E-state index in [4.69, 9.17) is 4.74 Å². The predicted molar refractivity (Wildman–Crippen MR) is 130 cm³/mol. The number of imide groups is 1. The zero-order valence-corrected chi connectivity index (χ0v) is 19.8. The van der Waals surface area contributed by atoms with E-state index in [0.717, 1.165) is 41.4 Å². The third-order valence-electron chi connectivity index (χ3n) is 6.65. The van der Waals surface area contributed by atoms with Gasteiger partial charge in [-0.2, -0.15) is 0 Å². The zero-order chi connectivity index (χ0) is 23.7. The summed E-state index contributed by atoms with van der Waals surface area (Å²) in [5.74, 6) is 0.392. The van der Waals surface area contributed by atoms with Gasteiger partial charge in [-0.3, -0.25) is 19.3 Å². The van der Waals surface area contributed by atoms with Crippen LogP contribution in [0.3, 0.4) is 0 Å². The number of amides is 3. The van der Waals surface area contributed by atoms with Gasteiger partial charge >= 0.3 is 6.03 Å². The Bertz CT molecular complexity index is 1280. The molecule has 1 spiro atoms. The highest BCUT2D eigenvalue weighted by atomic mass is 32.2. The maximum absolute atomic E-state index is 13.4. The summed E-state index contributed by atoms with van der Waals surface area (Å²) < 4.78 is 19.4. The molecule has 3 unspecified atom stereocenters. The molecule has 2 aliphatic rings. The fraction of sp³-hybridized carbons (Fsp3) is 0.346. The van der Waals surface area contributed by atoms with Crippen LogP contribution in [0.1, 0.15) is 43.4 Å². The van der Waals surface area contributed by atoms with Crippen molar-refractivity contribution in [1.29, 1.82) is 0 Å². The number of aromatic nitrogens is 1. The molecule has 2 fully saturated rings. The van der Waals surface area contributed by atoms with Crippen molar-refractivity contribution in [3.8, 4) is 5.75 Å². The number of nitrogens with one attached hydrogen (secondary N) is 2. The first-order valence-corrected chi connectivity index (χ1v) is 12.8. The SMILES string of the molecule is Cc1cc(COc2ccc(S(=O)C3CCCCC4(C3)NC(=O)NC4=O)cc2)c2ccccc2n1. The maximum Gasteiger partial charge on any atom is 0.322 e. The van der Waals surface area contributed by atoms with Crippen molar-refractivity contribution in [2.24, 2.45) is 0 Å². The number of fused-ring (bicyclic) bond motifs is 1. The fourth-order valence-electron chi connectivity index (χ4n) is 4.96. The smallest absolute Gasteiger partial charge is 0.322 e. The van der Waals surface area contributed by atoms with Gasteiger partial charge in [-0.1, -0.05) is 31.0 Å². The van der Waals surface area contributed by atoms with Crippen LogP contribution in [-0.4, -0.2) is 31.9 Å². The Balaban J connectivity index is 1.28. The Morgan fingerprint density at radius 1 is 1.12 bits per heavy atom. The second kappa shape index (κ2) is 9.18. The summed E-state index contributed by atoms with van der Waals surface area (Å²) in [7, 11) is -1.29. The second-order valence-electron chi connectivity index (χ2n) is 9.06. The van der Waals surface area contributed by atoms with Crippen LogP contribution in [-0.2, 0) is 22.2 Å². The van der Waals surface area contributed by atoms with Crippen LogP contribution in [0, 0.1) is 6.92 Å². The van der Waals surface area contributed by atoms with Crippen molar-refractivity contribution in [3.63, 3.8) is 0 Å². The number of carbonyl (C=O) groups is 2. The Kier molecular flexibility index (Phi) is 6.08. The van der Waals surface area contributed by atoms with Gasteiger partial charge in [-0.25, -0.2) is 4.79 Å². The van der Waals surface area contributed by atoms with E-state index in [0.29, 0.717) is 30.1 Å². The average Bonchev–Trinajstić information content (AvgIpc) is 2.98. The molecule has 1 aliphatic heterocycles. The largest absolute Gasteiger partial charge is 0.489 e. The molecule has 34 heavy (non-hydrogen) atoms. The van der Waals surface area contributed by atoms with E-state index in [-0.39, 0.29) is 11.2 Å². The summed E-state index contributed by atoms with van der Waals surface area (Å²) in [6.07, 6.45) is 3.40. The molecule has 7 nitrogen and oxygen atoms in total. The number of benzene rings is 2. The molecule has 1 aromatic heterocycles. The summed E-state index contributed by atoms with van der Waals surface area (Å²) in [5.41, 5.74) is 2.01. The lowest BCUT2D eigenvalue weighted by molar-refractivity contribution is -0.124. The quantitative estimate of drug-likeness (QED) is 0.539. The molecule has 2 heterocycles. The van der Waals surface area contributed by atoms with Crippen LogP contribution in [0.2, 0.25) is 0 Å². The second-order valence-corrected chi connectivity index (χ2v) is 10.8. The number of nitrogens with zero attached hydrogens (tertiary/aromatic N) is 1. The van der Waals surface area contributed by atoms with Gasteiger partial charge in [-0.05, 0) is 62.6 Å². The molecule has 3 atom stereocenters. The molecule has 1 saturated carbocycles. The number of hydrogen-bond acceptors (Lipinski definition) is 5. The number of hydrogen-bond donors (Lipinski definition) is 2. The van der Waals surface area contributed by atoms with Gasteiger partial charge in [0.05, 0.1) is 16.3 Å². The number of ether oxygens (including phenoxy) is 1. The van der Waals surface area contributed by atoms with E-state index < -0.39 is 22.4 Å². The van der Waals surface area contributed by atoms with Crippen LogP contribution in [0.25, 0.3) is 10.9 Å². The van der Waals surface area contributed by atoms with Gasteiger partial charge in [0, 0.05) is 26.8 Å². The number of urea groups is 1. The Morgan fingerprint density at radius 2 is 1.91 bits per heavy atom. The first-order valence-electron chi connectivity index (χ1n) is 11.6. The average molecular weight is 478 g/mol. The normalized spacial score (nSPS) is 23.4. The molecule has 3 aromatic rings. The molecule has 0 bridgehead atoms. The third-order valence-corrected chi connectivity index (χ3v) is 8.40. The van der Waals surface area contributed by atoms with Gasteiger partial charge in [0.2, 0.25) is 0 Å². The van der Waals surface area contributed by atoms with Crippen LogP contribution in [0.15, 0.2) is 59.5 Å². The van der Waals surface area contributed by atoms with E-state index in [1.165, 1.54) is 0 Å². The van der Waals surface area contributed by atoms with Crippen molar-refractivity contribution in [1.82, 2.24) is 15.6 Å². The Hall–Kier alpha value is -3.26. The lowest BCUT2D eigenvalue weighted by Crippen LogP contribution is -2.48. The van der Waals surface area contributed by atoms with Gasteiger partial charge < -0.3 is 10.1 Å². The predicted octanol–water partition coefficient (Wildman–Crippen LogP) is 4.14. The molecule has 1 saturated heterocycles. The summed E-state index contributed by atoms with van der Waals surface area (Å²) in [6.45, 7) is 2.38. The third kappa shape index (κ3) is 4.42. The lowest BCUT2D eigenvalue weighted by atomic mass is 9.90. The number of pyridine rings is 1. The zero-order valence-electron chi connectivity index (χ0n) is 19.0. The molecule has 176 valence electrons. The highest BCUT2D eigenvalue weighted by molar-refractivity contribution is 7.85. The molecular weight excluding hydrogens is 450 g/mol. The topological polar surface area (TPSA) is 97.4 Å². The molecule has 3 amide bonds. The monoisotopic (exact) mass is 477 g/mol. The molecule has 8 heteroatoms. The van der Waals surface area contributed by atoms with E-state index >= 15 is 0 Å². The minimum absolute atomic E-state index is 0.204. The number of rotatable bonds is 5. The minimum Gasteiger partial charge on any atom is -0.489 e. The van der Waals surface area contributed by atoms with E-state index in [2.05, 4.69) is 15.6 Å². The van der Waals surface area contributed by atoms with Gasteiger partial charge in [0.25, 0.3) is 5.91 Å². The number of carbonyl (C=O) groups excluding carboxylic acids is 2. The number of aryl methyl sites for hydroxylation is 1. The standard InChI is InChI=1S/C26H27N3O4S/c1-17-14-18(22-7-2-3-8-23(22)27-17)16-33-19-9-11-20(12-10-19)34(32)21-6-4-5-13-26(15-21)24(30)28-25(31)29-26/h2-3,7-12,14,21H,4-6,13,15-16H2,1H3,(H2,28,29,30,31). The summed E-state index contributed by atoms with van der Waals surface area (Å²) in [5, 5.41) is 6.00. The fourth-order valence-corrected chi connectivity index (χ4v) is 6.57. The van der Waals surface area contributed by atoms with E-state index in [9.17, 15) is 13.8 Å². The molecule has 5 rings (SSSR count). The molecule has 2 aromatic carbocycles. The van der Waals surface area contributed by atoms with Crippen LogP contribution >= 0.6 is 0 Å².